The zero-order valence-corrected chi connectivity index (χ0v) is 12.2. The number of anilines is 1. The van der Waals surface area contributed by atoms with Crippen molar-refractivity contribution in [2.45, 2.75) is 26.4 Å². The van der Waals surface area contributed by atoms with Crippen LogP contribution in [0.3, 0.4) is 0 Å². The Morgan fingerprint density at radius 1 is 1.20 bits per heavy atom. The molecule has 1 rings (SSSR count). The molecule has 0 fully saturated rings. The molecule has 0 aliphatic heterocycles. The van der Waals surface area contributed by atoms with Gasteiger partial charge in [-0.3, -0.25) is 5.32 Å². The Bertz CT molecular complexity index is 520. The van der Waals surface area contributed by atoms with Crippen molar-refractivity contribution in [3.8, 4) is 0 Å². The number of carboxylic acid groups (broad SMARTS) is 1. The average Bonchev–Trinajstić information content (AvgIpc) is 2.26. The number of carboxylic acids is 1. The van der Waals surface area contributed by atoms with Gasteiger partial charge in [0, 0.05) is 5.69 Å². The van der Waals surface area contributed by atoms with Crippen LogP contribution >= 0.6 is 12.2 Å². The van der Waals surface area contributed by atoms with Crippen LogP contribution in [0.4, 0.5) is 10.5 Å². The lowest BCUT2D eigenvalue weighted by molar-refractivity contribution is 0.0563. The average molecular weight is 296 g/mol. The van der Waals surface area contributed by atoms with Gasteiger partial charge in [-0.05, 0) is 57.3 Å². The number of benzene rings is 1. The summed E-state index contributed by atoms with van der Waals surface area (Å²) in [4.78, 5) is 22.2. The molecule has 1 aromatic rings. The minimum Gasteiger partial charge on any atom is -0.478 e. The van der Waals surface area contributed by atoms with E-state index in [4.69, 9.17) is 22.1 Å². The molecule has 0 heterocycles. The predicted octanol–water partition coefficient (Wildman–Crippen LogP) is 2.61. The van der Waals surface area contributed by atoms with Crippen molar-refractivity contribution in [1.82, 2.24) is 5.32 Å². The van der Waals surface area contributed by atoms with Crippen LogP contribution in [0.2, 0.25) is 0 Å². The molecule has 6 nitrogen and oxygen atoms in total. The maximum absolute atomic E-state index is 11.5. The van der Waals surface area contributed by atoms with Gasteiger partial charge in [0.1, 0.15) is 5.60 Å². The largest absolute Gasteiger partial charge is 0.478 e. The highest BCUT2D eigenvalue weighted by Gasteiger charge is 2.16. The molecule has 20 heavy (non-hydrogen) atoms. The van der Waals surface area contributed by atoms with Gasteiger partial charge in [0.15, 0.2) is 5.11 Å². The second-order valence-corrected chi connectivity index (χ2v) is 5.37. The highest BCUT2D eigenvalue weighted by atomic mass is 32.1. The Morgan fingerprint density at radius 2 is 1.75 bits per heavy atom. The molecule has 0 saturated heterocycles. The quantitative estimate of drug-likeness (QED) is 0.727. The molecule has 0 spiro atoms. The van der Waals surface area contributed by atoms with Crippen LogP contribution in [0.5, 0.6) is 0 Å². The third-order valence-corrected chi connectivity index (χ3v) is 2.21. The highest BCUT2D eigenvalue weighted by molar-refractivity contribution is 7.80. The van der Waals surface area contributed by atoms with Gasteiger partial charge in [0.25, 0.3) is 0 Å². The van der Waals surface area contributed by atoms with Gasteiger partial charge in [0.05, 0.1) is 5.56 Å². The van der Waals surface area contributed by atoms with Crippen LogP contribution in [-0.2, 0) is 4.74 Å². The second-order valence-electron chi connectivity index (χ2n) is 4.96. The first-order chi connectivity index (χ1) is 9.17. The van der Waals surface area contributed by atoms with Crippen molar-refractivity contribution >= 4 is 35.1 Å². The first-order valence-corrected chi connectivity index (χ1v) is 6.22. The van der Waals surface area contributed by atoms with Gasteiger partial charge in [-0.25, -0.2) is 9.59 Å². The number of carbonyl (C=O) groups excluding carboxylic acids is 1. The first kappa shape index (κ1) is 15.9. The van der Waals surface area contributed by atoms with Crippen LogP contribution in [0.15, 0.2) is 24.3 Å². The summed E-state index contributed by atoms with van der Waals surface area (Å²) < 4.78 is 5.04. The van der Waals surface area contributed by atoms with Crippen molar-refractivity contribution in [2.75, 3.05) is 5.32 Å². The van der Waals surface area contributed by atoms with Gasteiger partial charge < -0.3 is 15.2 Å². The number of alkyl carbamates (subject to hydrolysis) is 1. The standard InChI is InChI=1S/C13H16N2O4S/c1-13(2,3)19-12(18)15-11(20)14-9-6-4-8(5-7-9)10(16)17/h4-7H,1-3H3,(H,16,17)(H2,14,15,18,20). The van der Waals surface area contributed by atoms with Crippen LogP contribution in [-0.4, -0.2) is 27.9 Å². The van der Waals surface area contributed by atoms with E-state index in [-0.39, 0.29) is 10.7 Å². The lowest BCUT2D eigenvalue weighted by Crippen LogP contribution is -2.38. The molecule has 7 heteroatoms. The van der Waals surface area contributed by atoms with E-state index in [1.807, 2.05) is 0 Å². The minimum absolute atomic E-state index is 0.0716. The molecule has 0 bridgehead atoms. The number of rotatable bonds is 2. The molecule has 108 valence electrons. The van der Waals surface area contributed by atoms with Crippen LogP contribution in [0.25, 0.3) is 0 Å². The Morgan fingerprint density at radius 3 is 2.20 bits per heavy atom. The molecule has 0 aliphatic rings. The smallest absolute Gasteiger partial charge is 0.413 e. The first-order valence-electron chi connectivity index (χ1n) is 5.82. The molecular weight excluding hydrogens is 280 g/mol. The van der Waals surface area contributed by atoms with Gasteiger partial charge in [0.2, 0.25) is 0 Å². The molecule has 0 saturated carbocycles. The molecule has 0 aromatic heterocycles. The number of ether oxygens (including phenoxy) is 1. The van der Waals surface area contributed by atoms with E-state index in [0.29, 0.717) is 5.69 Å². The third kappa shape index (κ3) is 5.66. The summed E-state index contributed by atoms with van der Waals surface area (Å²) in [6.07, 6.45) is -0.655. The summed E-state index contributed by atoms with van der Waals surface area (Å²) in [7, 11) is 0. The van der Waals surface area contributed by atoms with Gasteiger partial charge >= 0.3 is 12.1 Å². The van der Waals surface area contributed by atoms with Crippen molar-refractivity contribution in [2.24, 2.45) is 0 Å². The zero-order chi connectivity index (χ0) is 15.3. The second kappa shape index (κ2) is 6.33. The molecule has 0 radical (unpaired) electrons. The number of carbonyl (C=O) groups is 2. The zero-order valence-electron chi connectivity index (χ0n) is 11.4. The molecule has 0 atom stereocenters. The Labute approximate surface area is 122 Å². The van der Waals surface area contributed by atoms with Gasteiger partial charge in [-0.15, -0.1) is 0 Å². The lowest BCUT2D eigenvalue weighted by atomic mass is 10.2. The fourth-order valence-corrected chi connectivity index (χ4v) is 1.46. The fraction of sp³-hybridized carbons (Fsp3) is 0.308. The van der Waals surface area contributed by atoms with Crippen LogP contribution in [0, 0.1) is 0 Å². The molecule has 0 aliphatic carbocycles. The fourth-order valence-electron chi connectivity index (χ4n) is 1.25. The maximum atomic E-state index is 11.5. The Balaban J connectivity index is 2.54. The summed E-state index contributed by atoms with van der Waals surface area (Å²) in [5.41, 5.74) is 0.126. The van der Waals surface area contributed by atoms with E-state index in [9.17, 15) is 9.59 Å². The summed E-state index contributed by atoms with van der Waals surface area (Å²) in [5, 5.41) is 14.0. The van der Waals surface area contributed by atoms with Crippen LogP contribution in [0.1, 0.15) is 31.1 Å². The molecule has 1 amide bonds. The number of hydrogen-bond acceptors (Lipinski definition) is 4. The van der Waals surface area contributed by atoms with E-state index in [1.165, 1.54) is 12.1 Å². The minimum atomic E-state index is -1.01. The van der Waals surface area contributed by atoms with Crippen molar-refractivity contribution in [3.63, 3.8) is 0 Å². The Kier molecular flexibility index (Phi) is 5.04. The SMILES string of the molecule is CC(C)(C)OC(=O)NC(=S)Nc1ccc(C(=O)O)cc1. The number of aromatic carboxylic acids is 1. The van der Waals surface area contributed by atoms with E-state index >= 15 is 0 Å². The van der Waals surface area contributed by atoms with E-state index in [0.717, 1.165) is 0 Å². The van der Waals surface area contributed by atoms with Crippen molar-refractivity contribution in [1.29, 1.82) is 0 Å². The summed E-state index contributed by atoms with van der Waals surface area (Å²) in [5.74, 6) is -1.01. The number of hydrogen-bond donors (Lipinski definition) is 3. The monoisotopic (exact) mass is 296 g/mol. The molecular formula is C13H16N2O4S. The summed E-state index contributed by atoms with van der Waals surface area (Å²) in [6, 6.07) is 5.96. The van der Waals surface area contributed by atoms with E-state index in [2.05, 4.69) is 10.6 Å². The summed E-state index contributed by atoms with van der Waals surface area (Å²) in [6.45, 7) is 5.23. The number of amides is 1. The third-order valence-electron chi connectivity index (χ3n) is 2.00. The molecule has 3 N–H and O–H groups in total. The van der Waals surface area contributed by atoms with E-state index < -0.39 is 17.7 Å². The van der Waals surface area contributed by atoms with Crippen molar-refractivity contribution < 1.29 is 19.4 Å². The van der Waals surface area contributed by atoms with Gasteiger partial charge in [-0.1, -0.05) is 0 Å². The summed E-state index contributed by atoms with van der Waals surface area (Å²) >= 11 is 4.95. The topological polar surface area (TPSA) is 87.7 Å². The van der Waals surface area contributed by atoms with Crippen LogP contribution < -0.4 is 10.6 Å². The highest BCUT2D eigenvalue weighted by Crippen LogP contribution is 2.10. The van der Waals surface area contributed by atoms with E-state index in [1.54, 1.807) is 32.9 Å². The number of nitrogens with one attached hydrogen (secondary N) is 2. The Hall–Kier alpha value is -2.15. The van der Waals surface area contributed by atoms with Gasteiger partial charge in [-0.2, -0.15) is 0 Å². The maximum Gasteiger partial charge on any atom is 0.413 e. The predicted molar refractivity (Wildman–Crippen MR) is 79.0 cm³/mol. The lowest BCUT2D eigenvalue weighted by Gasteiger charge is -2.20. The normalized spacial score (nSPS) is 10.6. The van der Waals surface area contributed by atoms with Crippen molar-refractivity contribution in [3.05, 3.63) is 29.8 Å². The molecule has 1 aromatic carbocycles. The molecule has 0 unspecified atom stereocenters. The number of thiocarbonyl (C=S) groups is 1.